The lowest BCUT2D eigenvalue weighted by atomic mass is 10.1. The van der Waals surface area contributed by atoms with Crippen LogP contribution in [0.4, 0.5) is 17.1 Å². The van der Waals surface area contributed by atoms with Gasteiger partial charge in [-0.2, -0.15) is 5.10 Å². The van der Waals surface area contributed by atoms with Crippen molar-refractivity contribution in [1.82, 2.24) is 9.78 Å². The van der Waals surface area contributed by atoms with Crippen molar-refractivity contribution >= 4 is 28.9 Å². The largest absolute Gasteiger partial charge is 0.454 e. The molecule has 1 amide bonds. The molecule has 0 aliphatic heterocycles. The molecule has 0 spiro atoms. The molecule has 0 bridgehead atoms. The summed E-state index contributed by atoms with van der Waals surface area (Å²) in [6.07, 6.45) is 0. The molecule has 0 aliphatic rings. The number of anilines is 1. The van der Waals surface area contributed by atoms with E-state index in [1.807, 2.05) is 0 Å². The van der Waals surface area contributed by atoms with Gasteiger partial charge in [0.25, 0.3) is 11.6 Å². The van der Waals surface area contributed by atoms with E-state index in [1.54, 1.807) is 0 Å². The van der Waals surface area contributed by atoms with E-state index < -0.39 is 34.9 Å². The molecule has 2 rings (SSSR count). The average molecular weight is 391 g/mol. The number of nitrogens with one attached hydrogen (secondary N) is 1. The number of aryl methyl sites for hydroxylation is 1. The zero-order chi connectivity index (χ0) is 21.0. The lowest BCUT2D eigenvalue weighted by Gasteiger charge is -2.09. The van der Waals surface area contributed by atoms with Crippen LogP contribution in [0.25, 0.3) is 0 Å². The zero-order valence-electron chi connectivity index (χ0n) is 15.3. The van der Waals surface area contributed by atoms with E-state index in [9.17, 15) is 29.8 Å². The van der Waals surface area contributed by atoms with Gasteiger partial charge in [-0.3, -0.25) is 34.5 Å². The Balaban J connectivity index is 1.96. The van der Waals surface area contributed by atoms with Crippen molar-refractivity contribution in [2.45, 2.75) is 27.3 Å². The second kappa shape index (κ2) is 8.24. The third kappa shape index (κ3) is 4.47. The van der Waals surface area contributed by atoms with E-state index in [1.165, 1.54) is 39.0 Å². The van der Waals surface area contributed by atoms with Crippen LogP contribution in [0.1, 0.15) is 17.0 Å². The minimum absolute atomic E-state index is 0.152. The number of benzene rings is 1. The highest BCUT2D eigenvalue weighted by Crippen LogP contribution is 2.25. The minimum atomic E-state index is -0.814. The number of carbonyl (C=O) groups excluding carboxylic acids is 2. The first-order valence-corrected chi connectivity index (χ1v) is 7.99. The summed E-state index contributed by atoms with van der Waals surface area (Å²) in [4.78, 5) is 44.6. The number of aromatic nitrogens is 2. The topological polar surface area (TPSA) is 160 Å². The minimum Gasteiger partial charge on any atom is -0.454 e. The molecule has 0 atom stereocenters. The Morgan fingerprint density at radius 3 is 2.43 bits per heavy atom. The van der Waals surface area contributed by atoms with Gasteiger partial charge in [0.15, 0.2) is 6.61 Å². The Kier molecular flexibility index (Phi) is 6.03. The number of hydrogen-bond acceptors (Lipinski definition) is 8. The van der Waals surface area contributed by atoms with Gasteiger partial charge in [-0.25, -0.2) is 0 Å². The Morgan fingerprint density at radius 1 is 1.18 bits per heavy atom. The van der Waals surface area contributed by atoms with Crippen LogP contribution in [-0.4, -0.2) is 38.1 Å². The van der Waals surface area contributed by atoms with Crippen LogP contribution in [0, 0.1) is 41.0 Å². The highest BCUT2D eigenvalue weighted by Gasteiger charge is 2.23. The highest BCUT2D eigenvalue weighted by molar-refractivity contribution is 5.94. The molecule has 0 unspecified atom stereocenters. The maximum atomic E-state index is 11.9. The number of carbonyl (C=O) groups is 2. The van der Waals surface area contributed by atoms with Gasteiger partial charge in [0.2, 0.25) is 0 Å². The van der Waals surface area contributed by atoms with Crippen LogP contribution >= 0.6 is 0 Å². The maximum Gasteiger partial charge on any atom is 0.328 e. The van der Waals surface area contributed by atoms with E-state index in [0.717, 1.165) is 4.68 Å². The lowest BCUT2D eigenvalue weighted by molar-refractivity contribution is -0.386. The van der Waals surface area contributed by atoms with Crippen LogP contribution in [-0.2, 0) is 20.9 Å². The molecule has 1 aromatic carbocycles. The number of ether oxygens (including phenoxy) is 1. The van der Waals surface area contributed by atoms with Crippen molar-refractivity contribution in [2.75, 3.05) is 11.9 Å². The number of amides is 1. The van der Waals surface area contributed by atoms with E-state index in [2.05, 4.69) is 10.4 Å². The third-order valence-corrected chi connectivity index (χ3v) is 3.94. The second-order valence-electron chi connectivity index (χ2n) is 5.85. The summed E-state index contributed by atoms with van der Waals surface area (Å²) in [7, 11) is 0. The van der Waals surface area contributed by atoms with E-state index in [-0.39, 0.29) is 34.0 Å². The summed E-state index contributed by atoms with van der Waals surface area (Å²) in [5, 5.41) is 28.2. The van der Waals surface area contributed by atoms with Crippen molar-refractivity contribution in [3.63, 3.8) is 0 Å². The number of nitrogens with zero attached hydrogens (tertiary/aromatic N) is 4. The molecule has 2 aromatic rings. The average Bonchev–Trinajstić information content (AvgIpc) is 2.88. The molecule has 0 saturated carbocycles. The molecule has 1 aromatic heterocycles. The summed E-state index contributed by atoms with van der Waals surface area (Å²) in [5.74, 6) is -1.50. The molecule has 0 saturated heterocycles. The predicted octanol–water partition coefficient (Wildman–Crippen LogP) is 1.81. The van der Waals surface area contributed by atoms with Gasteiger partial charge in [-0.05, 0) is 26.8 Å². The molecule has 1 heterocycles. The molecular formula is C16H17N5O7. The first-order chi connectivity index (χ1) is 13.1. The van der Waals surface area contributed by atoms with Crippen molar-refractivity contribution in [3.8, 4) is 0 Å². The smallest absolute Gasteiger partial charge is 0.328 e. The quantitative estimate of drug-likeness (QED) is 0.425. The number of nitro benzene ring substituents is 1. The molecule has 28 heavy (non-hydrogen) atoms. The van der Waals surface area contributed by atoms with Gasteiger partial charge < -0.3 is 10.1 Å². The molecule has 12 heteroatoms. The fourth-order valence-corrected chi connectivity index (χ4v) is 2.56. The zero-order valence-corrected chi connectivity index (χ0v) is 15.3. The molecule has 1 N–H and O–H groups in total. The lowest BCUT2D eigenvalue weighted by Crippen LogP contribution is -2.24. The number of esters is 1. The SMILES string of the molecule is Cc1nn(CC(=O)OCC(=O)Nc2cccc([N+](=O)[O-])c2C)c(C)c1[N+](=O)[O-]. The molecule has 0 radical (unpaired) electrons. The fraction of sp³-hybridized carbons (Fsp3) is 0.312. The first kappa shape index (κ1) is 20.5. The van der Waals surface area contributed by atoms with Gasteiger partial charge in [-0.1, -0.05) is 6.07 Å². The van der Waals surface area contributed by atoms with Crippen LogP contribution in [0.15, 0.2) is 18.2 Å². The monoisotopic (exact) mass is 391 g/mol. The Labute approximate surface area is 158 Å². The van der Waals surface area contributed by atoms with Gasteiger partial charge in [0.1, 0.15) is 17.9 Å². The van der Waals surface area contributed by atoms with Gasteiger partial charge in [0, 0.05) is 6.07 Å². The molecule has 0 aliphatic carbocycles. The third-order valence-electron chi connectivity index (χ3n) is 3.94. The maximum absolute atomic E-state index is 11.9. The van der Waals surface area contributed by atoms with E-state index >= 15 is 0 Å². The summed E-state index contributed by atoms with van der Waals surface area (Å²) >= 11 is 0. The van der Waals surface area contributed by atoms with Crippen molar-refractivity contribution < 1.29 is 24.2 Å². The van der Waals surface area contributed by atoms with Crippen molar-refractivity contribution in [3.05, 3.63) is 55.4 Å². The van der Waals surface area contributed by atoms with Crippen LogP contribution < -0.4 is 5.32 Å². The van der Waals surface area contributed by atoms with E-state index in [0.29, 0.717) is 0 Å². The van der Waals surface area contributed by atoms with Crippen LogP contribution in [0.5, 0.6) is 0 Å². The van der Waals surface area contributed by atoms with Gasteiger partial charge in [0.05, 0.1) is 21.1 Å². The van der Waals surface area contributed by atoms with E-state index in [4.69, 9.17) is 4.74 Å². The molecule has 0 fully saturated rings. The molecule has 148 valence electrons. The highest BCUT2D eigenvalue weighted by atomic mass is 16.6. The molecule has 12 nitrogen and oxygen atoms in total. The number of rotatable bonds is 7. The van der Waals surface area contributed by atoms with Crippen molar-refractivity contribution in [2.24, 2.45) is 0 Å². The summed E-state index contributed by atoms with van der Waals surface area (Å²) in [6.45, 7) is 3.35. The Hall–Kier alpha value is -3.83. The fourth-order valence-electron chi connectivity index (χ4n) is 2.56. The normalized spacial score (nSPS) is 10.4. The van der Waals surface area contributed by atoms with Crippen molar-refractivity contribution in [1.29, 1.82) is 0 Å². The second-order valence-corrected chi connectivity index (χ2v) is 5.85. The van der Waals surface area contributed by atoms with Crippen LogP contribution in [0.2, 0.25) is 0 Å². The summed E-state index contributed by atoms with van der Waals surface area (Å²) < 4.78 is 5.97. The number of hydrogen-bond donors (Lipinski definition) is 1. The standard InChI is InChI=1S/C16H17N5O7/c1-9-12(5-4-6-13(9)20(24)25)17-14(22)8-28-15(23)7-19-11(3)16(21(26)27)10(2)18-19/h4-6H,7-8H2,1-3H3,(H,17,22). The van der Waals surface area contributed by atoms with Gasteiger partial charge in [-0.15, -0.1) is 0 Å². The Bertz CT molecular complexity index is 967. The summed E-state index contributed by atoms with van der Waals surface area (Å²) in [5.41, 5.74) is 0.504. The molecular weight excluding hydrogens is 374 g/mol. The van der Waals surface area contributed by atoms with Gasteiger partial charge >= 0.3 is 11.7 Å². The summed E-state index contributed by atoms with van der Waals surface area (Å²) in [6, 6.07) is 4.21. The number of nitro groups is 2. The predicted molar refractivity (Wildman–Crippen MR) is 95.8 cm³/mol. The van der Waals surface area contributed by atoms with Crippen LogP contribution in [0.3, 0.4) is 0 Å². The first-order valence-electron chi connectivity index (χ1n) is 7.99. The Morgan fingerprint density at radius 2 is 1.86 bits per heavy atom.